The molecule has 10 nitrogen and oxygen atoms in total. The van der Waals surface area contributed by atoms with Crippen molar-refractivity contribution in [1.82, 2.24) is 40.8 Å². The summed E-state index contributed by atoms with van der Waals surface area (Å²) in [6.07, 6.45) is 1.46. The number of alkyl halides is 1. The number of amides is 2. The lowest BCUT2D eigenvalue weighted by Crippen LogP contribution is -2.47. The number of nitrogens with zero attached hydrogens (tertiary/aromatic N) is 5. The summed E-state index contributed by atoms with van der Waals surface area (Å²) >= 11 is 0. The van der Waals surface area contributed by atoms with E-state index in [-0.39, 0.29) is 31.0 Å². The van der Waals surface area contributed by atoms with E-state index in [1.54, 1.807) is 30.5 Å². The molecule has 0 radical (unpaired) electrons. The standard InChI is InChI=1S/C25H26F2N8O2/c1-13(2)18-5-6-19(30-24(18)27)23(14-3-4-15-10-28-33-20(15)7-14)31-25(37)21-8-16(26)12-35(21)22(36)9-17-11-29-34-32-17/h3-7,10-11,13,16,21,23H,8-9,12H2,1-2H3,(H,28,33)(H,31,37)(H,29,32,34)/t16-,21+,23+/m1/s1. The fourth-order valence-corrected chi connectivity index (χ4v) is 4.63. The van der Waals surface area contributed by atoms with Gasteiger partial charge in [-0.05, 0) is 23.6 Å². The summed E-state index contributed by atoms with van der Waals surface area (Å²) < 4.78 is 29.3. The lowest BCUT2D eigenvalue weighted by atomic mass is 9.99. The number of fused-ring (bicyclic) bond motifs is 1. The van der Waals surface area contributed by atoms with Gasteiger partial charge in [-0.3, -0.25) is 14.7 Å². The predicted octanol–water partition coefficient (Wildman–Crippen LogP) is 2.73. The maximum absolute atomic E-state index is 14.9. The highest BCUT2D eigenvalue weighted by Crippen LogP contribution is 2.28. The van der Waals surface area contributed by atoms with E-state index in [0.29, 0.717) is 16.8 Å². The molecule has 0 bridgehead atoms. The molecule has 1 fully saturated rings. The number of aromatic amines is 2. The van der Waals surface area contributed by atoms with Crippen LogP contribution < -0.4 is 5.32 Å². The Morgan fingerprint density at radius 1 is 1.19 bits per heavy atom. The summed E-state index contributed by atoms with van der Waals surface area (Å²) in [5.41, 5.74) is 2.49. The van der Waals surface area contributed by atoms with Gasteiger partial charge in [-0.2, -0.15) is 24.9 Å². The van der Waals surface area contributed by atoms with Crippen molar-refractivity contribution < 1.29 is 18.4 Å². The number of carbonyl (C=O) groups is 2. The van der Waals surface area contributed by atoms with Crippen LogP contribution in [0.4, 0.5) is 8.78 Å². The third-order valence-electron chi connectivity index (χ3n) is 6.57. The summed E-state index contributed by atoms with van der Waals surface area (Å²) in [5, 5.41) is 20.6. The van der Waals surface area contributed by atoms with Crippen LogP contribution >= 0.6 is 0 Å². The Morgan fingerprint density at radius 2 is 2.03 bits per heavy atom. The largest absolute Gasteiger partial charge is 0.342 e. The summed E-state index contributed by atoms with van der Waals surface area (Å²) in [6, 6.07) is 6.85. The third kappa shape index (κ3) is 5.04. The molecule has 2 amide bonds. The van der Waals surface area contributed by atoms with E-state index in [2.05, 4.69) is 35.9 Å². The number of benzene rings is 1. The fraction of sp³-hybridized carbons (Fsp3) is 0.360. The molecule has 3 aromatic heterocycles. The molecular formula is C25H26F2N8O2. The van der Waals surface area contributed by atoms with Gasteiger partial charge in [0.1, 0.15) is 12.2 Å². The van der Waals surface area contributed by atoms with E-state index in [9.17, 15) is 18.4 Å². The minimum atomic E-state index is -1.35. The number of hydrogen-bond donors (Lipinski definition) is 3. The van der Waals surface area contributed by atoms with Crippen molar-refractivity contribution in [2.45, 2.75) is 50.9 Å². The minimum Gasteiger partial charge on any atom is -0.342 e. The molecule has 5 rings (SSSR count). The molecule has 12 heteroatoms. The normalized spacial score (nSPS) is 18.5. The van der Waals surface area contributed by atoms with Gasteiger partial charge >= 0.3 is 0 Å². The van der Waals surface area contributed by atoms with E-state index in [1.165, 1.54) is 11.1 Å². The van der Waals surface area contributed by atoms with Crippen LogP contribution in [-0.4, -0.2) is 66.1 Å². The lowest BCUT2D eigenvalue weighted by molar-refractivity contribution is -0.138. The second-order valence-corrected chi connectivity index (χ2v) is 9.46. The van der Waals surface area contributed by atoms with Gasteiger partial charge in [0.25, 0.3) is 0 Å². The molecular weight excluding hydrogens is 482 g/mol. The van der Waals surface area contributed by atoms with E-state index < -0.39 is 36.0 Å². The summed E-state index contributed by atoms with van der Waals surface area (Å²) in [4.78, 5) is 31.8. The molecule has 0 unspecified atom stereocenters. The number of halogens is 2. The highest BCUT2D eigenvalue weighted by atomic mass is 19.1. The van der Waals surface area contributed by atoms with Gasteiger partial charge < -0.3 is 10.2 Å². The Kier molecular flexibility index (Phi) is 6.64. The van der Waals surface area contributed by atoms with Crippen molar-refractivity contribution in [1.29, 1.82) is 0 Å². The number of carbonyl (C=O) groups excluding carboxylic acids is 2. The Bertz CT molecular complexity index is 1420. The third-order valence-corrected chi connectivity index (χ3v) is 6.57. The van der Waals surface area contributed by atoms with Gasteiger partial charge in [0, 0.05) is 17.4 Å². The molecule has 192 valence electrons. The van der Waals surface area contributed by atoms with Gasteiger partial charge in [-0.1, -0.05) is 32.0 Å². The average Bonchev–Trinajstić information content (AvgIpc) is 3.62. The number of likely N-dealkylation sites (tertiary alicyclic amines) is 1. The van der Waals surface area contributed by atoms with Crippen molar-refractivity contribution in [3.8, 4) is 0 Å². The smallest absolute Gasteiger partial charge is 0.243 e. The molecule has 0 saturated carbocycles. The number of H-pyrrole nitrogens is 2. The van der Waals surface area contributed by atoms with Crippen LogP contribution in [0.3, 0.4) is 0 Å². The van der Waals surface area contributed by atoms with Crippen molar-refractivity contribution in [2.75, 3.05) is 6.54 Å². The lowest BCUT2D eigenvalue weighted by Gasteiger charge is -2.26. The Balaban J connectivity index is 1.45. The first kappa shape index (κ1) is 24.5. The topological polar surface area (TPSA) is 133 Å². The number of pyridine rings is 1. The molecule has 4 aromatic rings. The van der Waals surface area contributed by atoms with Crippen molar-refractivity contribution in [3.05, 3.63) is 71.2 Å². The predicted molar refractivity (Wildman–Crippen MR) is 129 cm³/mol. The Labute approximate surface area is 210 Å². The monoisotopic (exact) mass is 508 g/mol. The molecule has 37 heavy (non-hydrogen) atoms. The van der Waals surface area contributed by atoms with Crippen molar-refractivity contribution in [2.24, 2.45) is 0 Å². The SMILES string of the molecule is CC(C)c1ccc([C@@H](NC(=O)[C@@H]2C[C@@H](F)CN2C(=O)Cc2cn[nH]n2)c2ccc3cn[nH]c3c2)nc1F. The highest BCUT2D eigenvalue weighted by molar-refractivity contribution is 5.89. The Hall–Kier alpha value is -4.22. The summed E-state index contributed by atoms with van der Waals surface area (Å²) in [6.45, 7) is 3.53. The van der Waals surface area contributed by atoms with Crippen LogP contribution in [0.15, 0.2) is 42.7 Å². The zero-order valence-electron chi connectivity index (χ0n) is 20.3. The quantitative estimate of drug-likeness (QED) is 0.329. The molecule has 1 saturated heterocycles. The van der Waals surface area contributed by atoms with Crippen LogP contribution in [0.1, 0.15) is 54.7 Å². The Morgan fingerprint density at radius 3 is 2.76 bits per heavy atom. The van der Waals surface area contributed by atoms with E-state index in [4.69, 9.17) is 0 Å². The maximum Gasteiger partial charge on any atom is 0.243 e. The van der Waals surface area contributed by atoms with Gasteiger partial charge in [0.15, 0.2) is 0 Å². The maximum atomic E-state index is 14.9. The average molecular weight is 509 g/mol. The van der Waals surface area contributed by atoms with Crippen molar-refractivity contribution in [3.63, 3.8) is 0 Å². The number of nitrogens with one attached hydrogen (secondary N) is 3. The summed E-state index contributed by atoms with van der Waals surface area (Å²) in [7, 11) is 0. The van der Waals surface area contributed by atoms with Crippen LogP contribution in [0.5, 0.6) is 0 Å². The minimum absolute atomic E-state index is 0.0693. The van der Waals surface area contributed by atoms with Crippen LogP contribution in [0.2, 0.25) is 0 Å². The molecule has 3 atom stereocenters. The van der Waals surface area contributed by atoms with Gasteiger partial charge in [-0.25, -0.2) is 9.37 Å². The zero-order chi connectivity index (χ0) is 26.1. The van der Waals surface area contributed by atoms with Crippen LogP contribution in [-0.2, 0) is 16.0 Å². The molecule has 1 aromatic carbocycles. The molecule has 0 spiro atoms. The zero-order valence-corrected chi connectivity index (χ0v) is 20.3. The van der Waals surface area contributed by atoms with Gasteiger partial charge in [0.05, 0.1) is 48.3 Å². The second kappa shape index (κ2) is 10.0. The van der Waals surface area contributed by atoms with Gasteiger partial charge in [-0.15, -0.1) is 0 Å². The molecule has 3 N–H and O–H groups in total. The highest BCUT2D eigenvalue weighted by Gasteiger charge is 2.40. The molecule has 4 heterocycles. The summed E-state index contributed by atoms with van der Waals surface area (Å²) in [5.74, 6) is -1.68. The van der Waals surface area contributed by atoms with Crippen LogP contribution in [0.25, 0.3) is 10.9 Å². The van der Waals surface area contributed by atoms with E-state index >= 15 is 0 Å². The second-order valence-electron chi connectivity index (χ2n) is 9.46. The number of hydrogen-bond acceptors (Lipinski definition) is 6. The first-order valence-electron chi connectivity index (χ1n) is 12.0. The molecule has 1 aliphatic rings. The fourth-order valence-electron chi connectivity index (χ4n) is 4.63. The van der Waals surface area contributed by atoms with E-state index in [0.717, 1.165) is 10.9 Å². The first-order chi connectivity index (χ1) is 17.8. The molecule has 1 aliphatic heterocycles. The first-order valence-corrected chi connectivity index (χ1v) is 12.0. The van der Waals surface area contributed by atoms with Crippen LogP contribution in [0, 0.1) is 5.95 Å². The van der Waals surface area contributed by atoms with E-state index in [1.807, 2.05) is 19.9 Å². The molecule has 0 aliphatic carbocycles. The van der Waals surface area contributed by atoms with Gasteiger partial charge in [0.2, 0.25) is 17.8 Å². The van der Waals surface area contributed by atoms with Crippen molar-refractivity contribution >= 4 is 22.7 Å². The number of aromatic nitrogens is 6. The number of rotatable bonds is 7.